The van der Waals surface area contributed by atoms with E-state index in [1.165, 1.54) is 0 Å². The summed E-state index contributed by atoms with van der Waals surface area (Å²) in [4.78, 5) is 13.2. The van der Waals surface area contributed by atoms with Crippen LogP contribution in [0.4, 0.5) is 0 Å². The van der Waals surface area contributed by atoms with Crippen LogP contribution in [0.25, 0.3) is 0 Å². The Morgan fingerprint density at radius 2 is 1.90 bits per heavy atom. The molecule has 168 valence electrons. The second-order valence-corrected chi connectivity index (χ2v) is 9.54. The molecular formula is C24H31Cl2N3O2. The maximum Gasteiger partial charge on any atom is 0.237 e. The fourth-order valence-electron chi connectivity index (χ4n) is 4.59. The van der Waals surface area contributed by atoms with Gasteiger partial charge in [-0.15, -0.1) is 0 Å². The van der Waals surface area contributed by atoms with Crippen molar-refractivity contribution in [1.29, 1.82) is 0 Å². The lowest BCUT2D eigenvalue weighted by Gasteiger charge is -2.38. The molecule has 1 aliphatic heterocycles. The van der Waals surface area contributed by atoms with Crippen molar-refractivity contribution in [3.8, 4) is 0 Å². The quantitative estimate of drug-likeness (QED) is 0.448. The van der Waals surface area contributed by atoms with Crippen molar-refractivity contribution in [2.75, 3.05) is 13.2 Å². The Bertz CT molecular complexity index is 891. The summed E-state index contributed by atoms with van der Waals surface area (Å²) in [7, 11) is 0. The Morgan fingerprint density at radius 3 is 2.52 bits per heavy atom. The second kappa shape index (κ2) is 10.3. The van der Waals surface area contributed by atoms with Crippen LogP contribution in [0.5, 0.6) is 0 Å². The molecule has 0 bridgehead atoms. The van der Waals surface area contributed by atoms with Crippen LogP contribution in [0.15, 0.2) is 48.5 Å². The van der Waals surface area contributed by atoms with E-state index in [0.717, 1.165) is 17.5 Å². The summed E-state index contributed by atoms with van der Waals surface area (Å²) in [5.74, 6) is -0.0948. The van der Waals surface area contributed by atoms with Gasteiger partial charge in [0.05, 0.1) is 11.6 Å². The van der Waals surface area contributed by atoms with Gasteiger partial charge in [-0.1, -0.05) is 61.3 Å². The van der Waals surface area contributed by atoms with Crippen LogP contribution in [0.1, 0.15) is 43.7 Å². The molecule has 7 heteroatoms. The molecule has 1 aliphatic rings. The Labute approximate surface area is 194 Å². The minimum atomic E-state index is -0.849. The average Bonchev–Trinajstić information content (AvgIpc) is 3.01. The second-order valence-electron chi connectivity index (χ2n) is 8.67. The van der Waals surface area contributed by atoms with Crippen molar-refractivity contribution in [3.05, 3.63) is 69.7 Å². The van der Waals surface area contributed by atoms with E-state index in [0.29, 0.717) is 28.9 Å². The molecule has 0 aliphatic carbocycles. The van der Waals surface area contributed by atoms with Crippen LogP contribution >= 0.6 is 23.2 Å². The topological polar surface area (TPSA) is 87.4 Å². The Balaban J connectivity index is 2.11. The lowest BCUT2D eigenvalue weighted by atomic mass is 9.70. The summed E-state index contributed by atoms with van der Waals surface area (Å²) in [6, 6.07) is 14.4. The number of aliphatic hydroxyl groups excluding tert-OH is 1. The van der Waals surface area contributed by atoms with Crippen molar-refractivity contribution in [3.63, 3.8) is 0 Å². The number of aliphatic hydroxyl groups is 1. The molecule has 5 N–H and O–H groups in total. The molecule has 0 radical (unpaired) electrons. The number of benzene rings is 2. The van der Waals surface area contributed by atoms with Gasteiger partial charge in [0, 0.05) is 35.2 Å². The fraction of sp³-hybridized carbons (Fsp3) is 0.458. The molecule has 1 heterocycles. The van der Waals surface area contributed by atoms with Gasteiger partial charge < -0.3 is 21.5 Å². The predicted octanol–water partition coefficient (Wildman–Crippen LogP) is 3.82. The number of carbonyl (C=O) groups excluding carboxylic acids is 1. The molecule has 0 spiro atoms. The van der Waals surface area contributed by atoms with Gasteiger partial charge in [0.2, 0.25) is 5.91 Å². The van der Waals surface area contributed by atoms with Crippen LogP contribution in [-0.4, -0.2) is 36.2 Å². The maximum atomic E-state index is 13.2. The first-order valence-electron chi connectivity index (χ1n) is 10.7. The summed E-state index contributed by atoms with van der Waals surface area (Å²) < 4.78 is 0. The van der Waals surface area contributed by atoms with Crippen LogP contribution in [0, 0.1) is 5.92 Å². The molecule has 0 saturated carbocycles. The molecule has 1 fully saturated rings. The Kier molecular flexibility index (Phi) is 8.00. The normalized spacial score (nSPS) is 25.7. The Morgan fingerprint density at radius 1 is 1.19 bits per heavy atom. The molecule has 2 aromatic rings. The summed E-state index contributed by atoms with van der Waals surface area (Å²) >= 11 is 12.5. The fourth-order valence-corrected chi connectivity index (χ4v) is 4.92. The maximum absolute atomic E-state index is 13.2. The van der Waals surface area contributed by atoms with Crippen LogP contribution in [0.2, 0.25) is 10.0 Å². The van der Waals surface area contributed by atoms with Crippen molar-refractivity contribution in [2.45, 2.75) is 50.2 Å². The molecule has 4 atom stereocenters. The summed E-state index contributed by atoms with van der Waals surface area (Å²) in [6.45, 7) is 4.72. The van der Waals surface area contributed by atoms with Crippen LogP contribution < -0.4 is 16.4 Å². The molecule has 1 unspecified atom stereocenters. The van der Waals surface area contributed by atoms with Gasteiger partial charge in [-0.3, -0.25) is 4.79 Å². The lowest BCUT2D eigenvalue weighted by molar-refractivity contribution is -0.123. The van der Waals surface area contributed by atoms with Gasteiger partial charge in [-0.2, -0.15) is 0 Å². The molecule has 31 heavy (non-hydrogen) atoms. The first-order chi connectivity index (χ1) is 14.8. The van der Waals surface area contributed by atoms with E-state index in [1.807, 2.05) is 48.5 Å². The standard InChI is InChI=1S/C24H31Cl2N3O2/c1-15(2)13-20-24(27,17-7-9-18(25)10-8-17)21(16-5-3-6-19(26)14-16)22(29-20)23(31)28-11-4-12-30/h3,5-10,14-15,20-22,29-30H,4,11-13,27H2,1-2H3,(H,28,31)/t20-,21-,22+,24?/m0/s1. The summed E-state index contributed by atoms with van der Waals surface area (Å²) in [5.41, 5.74) is 8.25. The van der Waals surface area contributed by atoms with E-state index in [9.17, 15) is 4.79 Å². The highest BCUT2D eigenvalue weighted by molar-refractivity contribution is 6.30. The lowest BCUT2D eigenvalue weighted by Crippen LogP contribution is -2.51. The minimum absolute atomic E-state index is 0.0255. The molecule has 0 aromatic heterocycles. The number of hydrogen-bond acceptors (Lipinski definition) is 4. The van der Waals surface area contributed by atoms with Crippen LogP contribution in [-0.2, 0) is 10.3 Å². The number of halogens is 2. The largest absolute Gasteiger partial charge is 0.396 e. The molecule has 1 amide bonds. The van der Waals surface area contributed by atoms with Gasteiger partial charge in [0.25, 0.3) is 0 Å². The first kappa shape index (κ1) is 24.0. The highest BCUT2D eigenvalue weighted by atomic mass is 35.5. The Hall–Kier alpha value is -1.63. The van der Waals surface area contributed by atoms with E-state index in [1.54, 1.807) is 0 Å². The third-order valence-electron chi connectivity index (χ3n) is 5.98. The number of amides is 1. The monoisotopic (exact) mass is 463 g/mol. The van der Waals surface area contributed by atoms with E-state index in [4.69, 9.17) is 34.0 Å². The van der Waals surface area contributed by atoms with Gasteiger partial charge in [0.1, 0.15) is 0 Å². The van der Waals surface area contributed by atoms with Crippen LogP contribution in [0.3, 0.4) is 0 Å². The van der Waals surface area contributed by atoms with Crippen molar-refractivity contribution in [2.24, 2.45) is 11.7 Å². The number of carbonyl (C=O) groups is 1. The van der Waals surface area contributed by atoms with Crippen molar-refractivity contribution >= 4 is 29.1 Å². The molecule has 2 aromatic carbocycles. The van der Waals surface area contributed by atoms with E-state index < -0.39 is 11.6 Å². The zero-order valence-electron chi connectivity index (χ0n) is 17.9. The van der Waals surface area contributed by atoms with E-state index >= 15 is 0 Å². The smallest absolute Gasteiger partial charge is 0.237 e. The van der Waals surface area contributed by atoms with Gasteiger partial charge in [-0.25, -0.2) is 0 Å². The molecular weight excluding hydrogens is 433 g/mol. The zero-order valence-corrected chi connectivity index (χ0v) is 19.5. The van der Waals surface area contributed by atoms with Gasteiger partial charge in [0.15, 0.2) is 0 Å². The number of rotatable bonds is 8. The van der Waals surface area contributed by atoms with Crippen molar-refractivity contribution < 1.29 is 9.90 Å². The minimum Gasteiger partial charge on any atom is -0.396 e. The van der Waals surface area contributed by atoms with E-state index in [2.05, 4.69) is 24.5 Å². The predicted molar refractivity (Wildman–Crippen MR) is 126 cm³/mol. The molecule has 3 rings (SSSR count). The van der Waals surface area contributed by atoms with Gasteiger partial charge >= 0.3 is 0 Å². The zero-order chi connectivity index (χ0) is 22.6. The molecule has 5 nitrogen and oxygen atoms in total. The first-order valence-corrected chi connectivity index (χ1v) is 11.5. The highest BCUT2D eigenvalue weighted by Gasteiger charge is 2.56. The summed E-state index contributed by atoms with van der Waals surface area (Å²) in [5, 5.41) is 16.8. The third kappa shape index (κ3) is 5.24. The average molecular weight is 464 g/mol. The van der Waals surface area contributed by atoms with Gasteiger partial charge in [-0.05, 0) is 54.2 Å². The molecule has 1 saturated heterocycles. The summed E-state index contributed by atoms with van der Waals surface area (Å²) in [6.07, 6.45) is 1.30. The number of nitrogens with two attached hydrogens (primary N) is 1. The SMILES string of the molecule is CC(C)C[C@@H]1N[C@@H](C(=O)NCCCO)[C@H](c2cccc(Cl)c2)C1(N)c1ccc(Cl)cc1. The van der Waals surface area contributed by atoms with E-state index in [-0.39, 0.29) is 24.5 Å². The number of nitrogens with one attached hydrogen (secondary N) is 2. The van der Waals surface area contributed by atoms with Crippen molar-refractivity contribution in [1.82, 2.24) is 10.6 Å². The third-order valence-corrected chi connectivity index (χ3v) is 6.47. The number of hydrogen-bond donors (Lipinski definition) is 4. The highest BCUT2D eigenvalue weighted by Crippen LogP contribution is 2.47.